The first-order valence-electron chi connectivity index (χ1n) is 12.1. The van der Waals surface area contributed by atoms with Gasteiger partial charge in [-0.1, -0.05) is 42.8 Å². The standard InChI is InChI=1S/C8H11NO.C7H5NO3.C7H6O2.C6H14N2O2/c1-10-8-5-3-2-4-7(8)6-9;9-5-6-1-3-7(4-2-6)8(10)11;8-7(9)6-4-2-1-3-5-6;7-4-2-1-3-5(8)6(9)10/h2-5H,6,9H2,1H3;1-5H;1-5H,(H,8,9);5H,1-4,7-8H2,(H,9,10)/t;;;5-/m...0/s1. The molecule has 0 unspecified atom stereocenters. The van der Waals surface area contributed by atoms with Crippen LogP contribution in [0, 0.1) is 10.1 Å². The number of benzene rings is 3. The Kier molecular flexibility index (Phi) is 18.8. The average molecular weight is 557 g/mol. The van der Waals surface area contributed by atoms with Gasteiger partial charge < -0.3 is 32.2 Å². The predicted octanol–water partition coefficient (Wildman–Crippen LogP) is 3.47. The van der Waals surface area contributed by atoms with Gasteiger partial charge in [-0.25, -0.2) is 4.79 Å². The fraction of sp³-hybridized carbons (Fsp3) is 0.250. The number of carboxylic acids is 2. The van der Waals surface area contributed by atoms with E-state index in [9.17, 15) is 24.5 Å². The second-order valence-corrected chi connectivity index (χ2v) is 7.88. The smallest absolute Gasteiger partial charge is 0.335 e. The third-order valence-electron chi connectivity index (χ3n) is 4.96. The third kappa shape index (κ3) is 15.6. The number of nitro groups is 1. The number of non-ortho nitro benzene ring substituents is 1. The predicted molar refractivity (Wildman–Crippen MR) is 151 cm³/mol. The van der Waals surface area contributed by atoms with Crippen molar-refractivity contribution in [3.05, 3.63) is 106 Å². The second-order valence-electron chi connectivity index (χ2n) is 7.88. The van der Waals surface area contributed by atoms with Gasteiger partial charge in [0.15, 0.2) is 0 Å². The second kappa shape index (κ2) is 21.3. The number of aldehydes is 1. The first kappa shape index (κ1) is 35.4. The van der Waals surface area contributed by atoms with Gasteiger partial charge in [-0.15, -0.1) is 0 Å². The lowest BCUT2D eigenvalue weighted by atomic mass is 10.1. The molecule has 0 heterocycles. The number of aliphatic carboxylic acids is 1. The van der Waals surface area contributed by atoms with Gasteiger partial charge >= 0.3 is 11.9 Å². The van der Waals surface area contributed by atoms with Crippen LogP contribution in [0.15, 0.2) is 78.9 Å². The number of para-hydroxylation sites is 1. The Morgan fingerprint density at radius 2 is 1.52 bits per heavy atom. The van der Waals surface area contributed by atoms with Gasteiger partial charge in [0, 0.05) is 29.8 Å². The number of carbonyl (C=O) groups is 3. The van der Waals surface area contributed by atoms with Crippen LogP contribution in [-0.2, 0) is 11.3 Å². The molecule has 40 heavy (non-hydrogen) atoms. The molecule has 0 aliphatic rings. The van der Waals surface area contributed by atoms with E-state index < -0.39 is 22.9 Å². The maximum absolute atomic E-state index is 10.2. The average Bonchev–Trinajstić information content (AvgIpc) is 2.98. The van der Waals surface area contributed by atoms with Crippen molar-refractivity contribution in [1.82, 2.24) is 0 Å². The zero-order valence-electron chi connectivity index (χ0n) is 22.2. The normalized spacial score (nSPS) is 10.1. The van der Waals surface area contributed by atoms with Crippen molar-refractivity contribution in [3.8, 4) is 5.75 Å². The summed E-state index contributed by atoms with van der Waals surface area (Å²) in [6, 6.07) is 20.7. The van der Waals surface area contributed by atoms with Gasteiger partial charge in [-0.3, -0.25) is 19.7 Å². The summed E-state index contributed by atoms with van der Waals surface area (Å²) in [6.45, 7) is 1.14. The Bertz CT molecular complexity index is 1140. The highest BCUT2D eigenvalue weighted by Crippen LogP contribution is 2.15. The number of carboxylic acid groups (broad SMARTS) is 2. The lowest BCUT2D eigenvalue weighted by Gasteiger charge is -2.03. The van der Waals surface area contributed by atoms with Crippen LogP contribution in [-0.4, -0.2) is 53.1 Å². The summed E-state index contributed by atoms with van der Waals surface area (Å²) in [5.74, 6) is -0.947. The van der Waals surface area contributed by atoms with Gasteiger partial charge in [0.2, 0.25) is 0 Å². The van der Waals surface area contributed by atoms with Crippen molar-refractivity contribution in [3.63, 3.8) is 0 Å². The molecule has 0 saturated heterocycles. The van der Waals surface area contributed by atoms with Crippen LogP contribution < -0.4 is 21.9 Å². The summed E-state index contributed by atoms with van der Waals surface area (Å²) >= 11 is 0. The Morgan fingerprint density at radius 1 is 0.950 bits per heavy atom. The third-order valence-corrected chi connectivity index (χ3v) is 4.96. The zero-order valence-corrected chi connectivity index (χ0v) is 22.2. The van der Waals surface area contributed by atoms with Crippen LogP contribution in [0.5, 0.6) is 5.75 Å². The van der Waals surface area contributed by atoms with E-state index in [4.69, 9.17) is 32.2 Å². The highest BCUT2D eigenvalue weighted by Gasteiger charge is 2.09. The molecule has 0 fully saturated rings. The van der Waals surface area contributed by atoms with Gasteiger partial charge in [-0.05, 0) is 49.7 Å². The number of nitrogens with two attached hydrogens (primary N) is 3. The van der Waals surface area contributed by atoms with Crippen LogP contribution >= 0.6 is 0 Å². The number of carbonyl (C=O) groups excluding carboxylic acids is 1. The Labute approximate surface area is 232 Å². The fourth-order valence-electron chi connectivity index (χ4n) is 2.76. The summed E-state index contributed by atoms with van der Waals surface area (Å²) in [7, 11) is 1.65. The molecule has 216 valence electrons. The number of ether oxygens (including phenoxy) is 1. The first-order chi connectivity index (χ1) is 19.1. The van der Waals surface area contributed by atoms with Crippen molar-refractivity contribution in [2.75, 3.05) is 13.7 Å². The van der Waals surface area contributed by atoms with Crippen molar-refractivity contribution in [1.29, 1.82) is 0 Å². The highest BCUT2D eigenvalue weighted by atomic mass is 16.6. The minimum atomic E-state index is -0.933. The maximum Gasteiger partial charge on any atom is 0.335 e. The fourth-order valence-corrected chi connectivity index (χ4v) is 2.76. The van der Waals surface area contributed by atoms with E-state index in [2.05, 4.69) is 0 Å². The van der Waals surface area contributed by atoms with Gasteiger partial charge in [0.1, 0.15) is 18.1 Å². The minimum Gasteiger partial charge on any atom is -0.496 e. The molecule has 12 nitrogen and oxygen atoms in total. The van der Waals surface area contributed by atoms with Crippen LogP contribution in [0.2, 0.25) is 0 Å². The first-order valence-corrected chi connectivity index (χ1v) is 12.1. The number of nitro benzene ring substituents is 1. The zero-order chi connectivity index (χ0) is 30.3. The molecule has 8 N–H and O–H groups in total. The molecule has 0 amide bonds. The lowest BCUT2D eigenvalue weighted by Crippen LogP contribution is -2.29. The Morgan fingerprint density at radius 3 is 1.93 bits per heavy atom. The van der Waals surface area contributed by atoms with Crippen LogP contribution in [0.25, 0.3) is 0 Å². The number of hydrogen-bond acceptors (Lipinski definition) is 9. The summed E-state index contributed by atoms with van der Waals surface area (Å²) in [5.41, 5.74) is 17.7. The Balaban J connectivity index is 0.000000508. The topological polar surface area (TPSA) is 222 Å². The number of hydrogen-bond donors (Lipinski definition) is 5. The number of methoxy groups -OCH3 is 1. The van der Waals surface area contributed by atoms with E-state index >= 15 is 0 Å². The minimum absolute atomic E-state index is 0.00407. The molecule has 0 bridgehead atoms. The molecule has 1 atom stereocenters. The molecule has 0 spiro atoms. The van der Waals surface area contributed by atoms with E-state index in [1.165, 1.54) is 24.3 Å². The maximum atomic E-state index is 10.2. The number of aromatic carboxylic acids is 1. The SMILES string of the molecule is COc1ccccc1CN.NCCCC[C@H](N)C(=O)O.O=C(O)c1ccccc1.O=Cc1ccc([N+](=O)[O-])cc1. The molecule has 0 saturated carbocycles. The summed E-state index contributed by atoms with van der Waals surface area (Å²) < 4.78 is 5.06. The van der Waals surface area contributed by atoms with E-state index in [1.807, 2.05) is 24.3 Å². The lowest BCUT2D eigenvalue weighted by molar-refractivity contribution is -0.384. The molecule has 0 aliphatic heterocycles. The van der Waals surface area contributed by atoms with Crippen molar-refractivity contribution in [2.45, 2.75) is 31.8 Å². The van der Waals surface area contributed by atoms with Crippen molar-refractivity contribution < 1.29 is 34.3 Å². The van der Waals surface area contributed by atoms with Crippen LogP contribution in [0.4, 0.5) is 5.69 Å². The quantitative estimate of drug-likeness (QED) is 0.105. The van der Waals surface area contributed by atoms with Crippen molar-refractivity contribution in [2.24, 2.45) is 17.2 Å². The molecular formula is C28H36N4O8. The molecule has 3 rings (SSSR count). The summed E-state index contributed by atoms with van der Waals surface area (Å²) in [4.78, 5) is 40.1. The summed E-state index contributed by atoms with van der Waals surface area (Å²) in [6.07, 6.45) is 2.81. The molecule has 12 heteroatoms. The van der Waals surface area contributed by atoms with Gasteiger partial charge in [-0.2, -0.15) is 0 Å². The highest BCUT2D eigenvalue weighted by molar-refractivity contribution is 5.87. The molecule has 3 aromatic rings. The van der Waals surface area contributed by atoms with Gasteiger partial charge in [0.25, 0.3) is 5.69 Å². The van der Waals surface area contributed by atoms with E-state index in [0.29, 0.717) is 36.9 Å². The largest absolute Gasteiger partial charge is 0.496 e. The monoisotopic (exact) mass is 556 g/mol. The van der Waals surface area contributed by atoms with E-state index in [0.717, 1.165) is 24.2 Å². The summed E-state index contributed by atoms with van der Waals surface area (Å²) in [5, 5.41) is 26.8. The van der Waals surface area contributed by atoms with Crippen LogP contribution in [0.3, 0.4) is 0 Å². The Hall–Kier alpha value is -4.65. The molecular weight excluding hydrogens is 520 g/mol. The number of rotatable bonds is 10. The molecule has 0 aliphatic carbocycles. The van der Waals surface area contributed by atoms with Crippen molar-refractivity contribution >= 4 is 23.9 Å². The molecule has 0 aromatic heterocycles. The van der Waals surface area contributed by atoms with E-state index in [-0.39, 0.29) is 5.69 Å². The molecule has 3 aromatic carbocycles. The molecule has 0 radical (unpaired) electrons. The number of nitrogens with zero attached hydrogens (tertiary/aromatic N) is 1. The number of unbranched alkanes of at least 4 members (excludes halogenated alkanes) is 1. The van der Waals surface area contributed by atoms with Crippen LogP contribution in [0.1, 0.15) is 45.5 Å². The van der Waals surface area contributed by atoms with E-state index in [1.54, 1.807) is 37.4 Å². The van der Waals surface area contributed by atoms with Gasteiger partial charge in [0.05, 0.1) is 17.6 Å².